The van der Waals surface area contributed by atoms with Gasteiger partial charge in [-0.2, -0.15) is 0 Å². The summed E-state index contributed by atoms with van der Waals surface area (Å²) >= 11 is 0. The van der Waals surface area contributed by atoms with Crippen LogP contribution in [0.5, 0.6) is 11.5 Å². The Morgan fingerprint density at radius 1 is 1.05 bits per heavy atom. The molecule has 4 nitrogen and oxygen atoms in total. The number of methoxy groups -OCH3 is 1. The Morgan fingerprint density at radius 3 is 2.42 bits per heavy atom. The highest BCUT2D eigenvalue weighted by atomic mass is 16.6. The van der Waals surface area contributed by atoms with Crippen molar-refractivity contribution in [3.63, 3.8) is 0 Å². The molecule has 0 spiro atoms. The molecule has 2 aromatic carbocycles. The summed E-state index contributed by atoms with van der Waals surface area (Å²) in [4.78, 5) is 5.35. The summed E-state index contributed by atoms with van der Waals surface area (Å²) in [6.45, 7) is 1.87. The van der Waals surface area contributed by atoms with Gasteiger partial charge in [0.05, 0.1) is 12.8 Å². The van der Waals surface area contributed by atoms with Crippen molar-refractivity contribution in [2.24, 2.45) is 5.16 Å². The number of para-hydroxylation sites is 1. The molecule has 2 aromatic rings. The first-order valence-corrected chi connectivity index (χ1v) is 5.91. The molecule has 0 radical (unpaired) electrons. The van der Waals surface area contributed by atoms with E-state index in [1.54, 1.807) is 31.4 Å². The lowest BCUT2D eigenvalue weighted by Gasteiger charge is -2.07. The summed E-state index contributed by atoms with van der Waals surface area (Å²) in [6.07, 6.45) is 0. The van der Waals surface area contributed by atoms with Gasteiger partial charge in [0.15, 0.2) is 5.75 Å². The molecule has 0 aromatic heterocycles. The number of nitrogens with two attached hydrogens (primary N) is 1. The number of benzene rings is 2. The van der Waals surface area contributed by atoms with Gasteiger partial charge in [0.2, 0.25) is 0 Å². The van der Waals surface area contributed by atoms with Crippen LogP contribution in [0.3, 0.4) is 0 Å². The lowest BCUT2D eigenvalue weighted by atomic mass is 10.1. The number of oxime groups is 1. The third kappa shape index (κ3) is 3.25. The van der Waals surface area contributed by atoms with E-state index in [1.165, 1.54) is 0 Å². The summed E-state index contributed by atoms with van der Waals surface area (Å²) < 4.78 is 5.28. The van der Waals surface area contributed by atoms with Crippen LogP contribution in [0.15, 0.2) is 53.7 Å². The quantitative estimate of drug-likeness (QED) is 0.519. The molecule has 0 bridgehead atoms. The second kappa shape index (κ2) is 5.91. The molecule has 0 saturated heterocycles. The van der Waals surface area contributed by atoms with Crippen molar-refractivity contribution in [3.05, 3.63) is 54.1 Å². The van der Waals surface area contributed by atoms with E-state index in [-0.39, 0.29) is 0 Å². The first kappa shape index (κ1) is 13.0. The maximum atomic E-state index is 5.60. The first-order chi connectivity index (χ1) is 9.20. The first-order valence-electron chi connectivity index (χ1n) is 5.91. The number of nitrogens with zero attached hydrogens (tertiary/aromatic N) is 1. The van der Waals surface area contributed by atoms with E-state index in [4.69, 9.17) is 15.3 Å². The Bertz CT molecular complexity index is 577. The van der Waals surface area contributed by atoms with Gasteiger partial charge < -0.3 is 15.3 Å². The number of rotatable bonds is 4. The summed E-state index contributed by atoms with van der Waals surface area (Å²) in [6, 6.07) is 14.7. The smallest absolute Gasteiger partial charge is 0.158 e. The third-order valence-corrected chi connectivity index (χ3v) is 2.66. The number of ether oxygens (including phenoxy) is 1. The summed E-state index contributed by atoms with van der Waals surface area (Å²) in [5.41, 5.74) is 7.94. The molecule has 0 aliphatic heterocycles. The average molecular weight is 256 g/mol. The highest BCUT2D eigenvalue weighted by molar-refractivity contribution is 6.00. The van der Waals surface area contributed by atoms with Crippen molar-refractivity contribution in [1.82, 2.24) is 0 Å². The van der Waals surface area contributed by atoms with Crippen molar-refractivity contribution in [1.29, 1.82) is 0 Å². The van der Waals surface area contributed by atoms with Gasteiger partial charge in [0, 0.05) is 11.3 Å². The van der Waals surface area contributed by atoms with Crippen LogP contribution in [0.4, 0.5) is 5.69 Å². The fourth-order valence-electron chi connectivity index (χ4n) is 1.64. The predicted molar refractivity (Wildman–Crippen MR) is 76.7 cm³/mol. The predicted octanol–water partition coefficient (Wildman–Crippen LogP) is 3.08. The van der Waals surface area contributed by atoms with Crippen LogP contribution in [0, 0.1) is 0 Å². The number of anilines is 1. The molecule has 0 aliphatic rings. The van der Waals surface area contributed by atoms with Crippen LogP contribution in [-0.4, -0.2) is 12.8 Å². The molecule has 0 amide bonds. The van der Waals surface area contributed by atoms with E-state index in [1.807, 2.05) is 31.2 Å². The van der Waals surface area contributed by atoms with E-state index in [0.717, 1.165) is 17.0 Å². The van der Waals surface area contributed by atoms with E-state index in [9.17, 15) is 0 Å². The van der Waals surface area contributed by atoms with E-state index in [0.29, 0.717) is 11.4 Å². The van der Waals surface area contributed by atoms with E-state index < -0.39 is 0 Å². The van der Waals surface area contributed by atoms with Gasteiger partial charge in [-0.25, -0.2) is 0 Å². The molecule has 2 N–H and O–H groups in total. The van der Waals surface area contributed by atoms with Crippen LogP contribution in [-0.2, 0) is 0 Å². The number of hydrogen-bond acceptors (Lipinski definition) is 4. The fourth-order valence-corrected chi connectivity index (χ4v) is 1.64. The monoisotopic (exact) mass is 256 g/mol. The van der Waals surface area contributed by atoms with Crippen molar-refractivity contribution >= 4 is 11.4 Å². The molecule has 0 atom stereocenters. The standard InChI is InChI=1S/C15H16N2O2/c1-11(14-5-3-4-6-15(14)18-2)17-19-13-9-7-12(16)8-10-13/h3-10H,16H2,1-2H3/b17-11+. The van der Waals surface area contributed by atoms with Gasteiger partial charge >= 0.3 is 0 Å². The summed E-state index contributed by atoms with van der Waals surface area (Å²) in [7, 11) is 1.63. The van der Waals surface area contributed by atoms with E-state index in [2.05, 4.69) is 5.16 Å². The van der Waals surface area contributed by atoms with Crippen LogP contribution in [0.1, 0.15) is 12.5 Å². The zero-order valence-corrected chi connectivity index (χ0v) is 11.0. The fraction of sp³-hybridized carbons (Fsp3) is 0.133. The molecule has 4 heteroatoms. The van der Waals surface area contributed by atoms with Crippen LogP contribution >= 0.6 is 0 Å². The molecular formula is C15H16N2O2. The molecule has 0 saturated carbocycles. The minimum absolute atomic E-state index is 0.642. The molecular weight excluding hydrogens is 240 g/mol. The minimum Gasteiger partial charge on any atom is -0.496 e. The van der Waals surface area contributed by atoms with Gasteiger partial charge in [-0.3, -0.25) is 0 Å². The molecule has 0 aliphatic carbocycles. The maximum absolute atomic E-state index is 5.60. The largest absolute Gasteiger partial charge is 0.496 e. The van der Waals surface area contributed by atoms with Crippen molar-refractivity contribution in [2.45, 2.75) is 6.92 Å². The molecule has 0 unspecified atom stereocenters. The van der Waals surface area contributed by atoms with Crippen LogP contribution in [0.25, 0.3) is 0 Å². The lowest BCUT2D eigenvalue weighted by molar-refractivity contribution is 0.341. The van der Waals surface area contributed by atoms with Gasteiger partial charge in [-0.05, 0) is 43.3 Å². The Balaban J connectivity index is 2.16. The summed E-state index contributed by atoms with van der Waals surface area (Å²) in [5, 5.41) is 4.10. The maximum Gasteiger partial charge on any atom is 0.158 e. The second-order valence-corrected chi connectivity index (χ2v) is 4.04. The Morgan fingerprint density at radius 2 is 1.74 bits per heavy atom. The number of nitrogen functional groups attached to an aromatic ring is 1. The zero-order valence-electron chi connectivity index (χ0n) is 11.0. The van der Waals surface area contributed by atoms with Crippen LogP contribution in [0.2, 0.25) is 0 Å². The SMILES string of the molecule is COc1ccccc1/C(C)=N/Oc1ccc(N)cc1. The lowest BCUT2D eigenvalue weighted by Crippen LogP contribution is -2.01. The Labute approximate surface area is 112 Å². The highest BCUT2D eigenvalue weighted by Crippen LogP contribution is 2.19. The van der Waals surface area contributed by atoms with Gasteiger partial charge in [-0.15, -0.1) is 0 Å². The normalized spacial score (nSPS) is 11.2. The topological polar surface area (TPSA) is 56.8 Å². The van der Waals surface area contributed by atoms with Crippen molar-refractivity contribution < 1.29 is 9.57 Å². The van der Waals surface area contributed by atoms with Crippen molar-refractivity contribution in [3.8, 4) is 11.5 Å². The second-order valence-electron chi connectivity index (χ2n) is 4.04. The van der Waals surface area contributed by atoms with Crippen molar-refractivity contribution in [2.75, 3.05) is 12.8 Å². The zero-order chi connectivity index (χ0) is 13.7. The molecule has 19 heavy (non-hydrogen) atoms. The summed E-state index contributed by atoms with van der Waals surface area (Å²) in [5.74, 6) is 1.41. The molecule has 98 valence electrons. The van der Waals surface area contributed by atoms with Crippen LogP contribution < -0.4 is 15.3 Å². The Hall–Kier alpha value is -2.49. The van der Waals surface area contributed by atoms with Gasteiger partial charge in [-0.1, -0.05) is 17.3 Å². The minimum atomic E-state index is 0.642. The van der Waals surface area contributed by atoms with Gasteiger partial charge in [0.25, 0.3) is 0 Å². The number of hydrogen-bond donors (Lipinski definition) is 1. The molecule has 0 heterocycles. The third-order valence-electron chi connectivity index (χ3n) is 2.66. The van der Waals surface area contributed by atoms with Gasteiger partial charge in [0.1, 0.15) is 5.75 Å². The molecule has 0 fully saturated rings. The van der Waals surface area contributed by atoms with E-state index >= 15 is 0 Å². The average Bonchev–Trinajstić information content (AvgIpc) is 2.46. The Kier molecular flexibility index (Phi) is 4.03. The molecule has 2 rings (SSSR count). The highest BCUT2D eigenvalue weighted by Gasteiger charge is 2.05.